The molecule has 1 amide bonds. The summed E-state index contributed by atoms with van der Waals surface area (Å²) in [5, 5.41) is 9.70. The first-order valence-electron chi connectivity index (χ1n) is 8.88. The van der Waals surface area contributed by atoms with E-state index in [1.807, 2.05) is 29.2 Å². The minimum atomic E-state index is -0.356. The Morgan fingerprint density at radius 2 is 1.96 bits per heavy atom. The van der Waals surface area contributed by atoms with Gasteiger partial charge in [0.2, 0.25) is 0 Å². The van der Waals surface area contributed by atoms with E-state index in [2.05, 4.69) is 6.92 Å². The van der Waals surface area contributed by atoms with Crippen molar-refractivity contribution in [2.24, 2.45) is 0 Å². The molecular weight excluding hydrogens is 306 g/mol. The van der Waals surface area contributed by atoms with Gasteiger partial charge in [-0.2, -0.15) is 0 Å². The number of methoxy groups -OCH3 is 1. The van der Waals surface area contributed by atoms with Crippen LogP contribution in [0, 0.1) is 0 Å². The zero-order valence-electron chi connectivity index (χ0n) is 14.5. The zero-order valence-corrected chi connectivity index (χ0v) is 14.5. The molecule has 1 atom stereocenters. The van der Waals surface area contributed by atoms with Crippen LogP contribution in [0.1, 0.15) is 57.1 Å². The average molecular weight is 333 g/mol. The van der Waals surface area contributed by atoms with E-state index in [0.717, 1.165) is 49.8 Å². The molecule has 5 heteroatoms. The quantitative estimate of drug-likeness (QED) is 0.913. The fourth-order valence-corrected chi connectivity index (χ4v) is 3.94. The van der Waals surface area contributed by atoms with E-state index in [-0.39, 0.29) is 23.8 Å². The molecule has 5 nitrogen and oxygen atoms in total. The molecule has 0 bridgehead atoms. The first-order valence-corrected chi connectivity index (χ1v) is 8.88. The summed E-state index contributed by atoms with van der Waals surface area (Å²) in [4.78, 5) is 14.5. The molecule has 1 saturated heterocycles. The molecule has 2 aliphatic rings. The Morgan fingerprint density at radius 3 is 2.50 bits per heavy atom. The minimum absolute atomic E-state index is 0.0231. The lowest BCUT2D eigenvalue weighted by atomic mass is 9.80. The van der Waals surface area contributed by atoms with Gasteiger partial charge in [-0.15, -0.1) is 0 Å². The number of aliphatic hydroxyl groups excluding tert-OH is 1. The number of aliphatic hydroxyl groups is 1. The highest BCUT2D eigenvalue weighted by atomic mass is 16.6. The smallest absolute Gasteiger partial charge is 0.410 e. The molecule has 132 valence electrons. The van der Waals surface area contributed by atoms with Crippen LogP contribution in [-0.2, 0) is 4.74 Å². The third-order valence-electron chi connectivity index (χ3n) is 5.48. The summed E-state index contributed by atoms with van der Waals surface area (Å²) in [5.41, 5.74) is 0.746. The van der Waals surface area contributed by atoms with Crippen molar-refractivity contribution in [2.75, 3.05) is 13.7 Å². The summed E-state index contributed by atoms with van der Waals surface area (Å²) in [6.45, 7) is 2.79. The van der Waals surface area contributed by atoms with E-state index in [1.54, 1.807) is 7.11 Å². The van der Waals surface area contributed by atoms with E-state index < -0.39 is 0 Å². The van der Waals surface area contributed by atoms with Crippen molar-refractivity contribution in [3.8, 4) is 5.75 Å². The van der Waals surface area contributed by atoms with Crippen molar-refractivity contribution in [3.63, 3.8) is 0 Å². The Kier molecular flexibility index (Phi) is 4.99. The first kappa shape index (κ1) is 17.1. The lowest BCUT2D eigenvalue weighted by molar-refractivity contribution is -0.0920. The third kappa shape index (κ3) is 3.36. The highest BCUT2D eigenvalue weighted by Crippen LogP contribution is 2.40. The number of carbonyl (C=O) groups is 1. The Balaban J connectivity index is 1.71. The number of carbonyl (C=O) groups excluding carboxylic acids is 1. The SMILES string of the molecule is CC[C@@H](c1ccc(OC)cc1)N1CCC2(CCC(O)CC2)OC1=O. The topological polar surface area (TPSA) is 59.0 Å². The molecule has 1 aliphatic carbocycles. The lowest BCUT2D eigenvalue weighted by Crippen LogP contribution is -2.52. The maximum absolute atomic E-state index is 12.7. The van der Waals surface area contributed by atoms with Crippen molar-refractivity contribution in [1.82, 2.24) is 4.90 Å². The number of benzene rings is 1. The molecule has 0 unspecified atom stereocenters. The third-order valence-corrected chi connectivity index (χ3v) is 5.48. The molecule has 0 aromatic heterocycles. The summed E-state index contributed by atoms with van der Waals surface area (Å²) in [6, 6.07) is 7.91. The van der Waals surface area contributed by atoms with Crippen LogP contribution < -0.4 is 4.74 Å². The van der Waals surface area contributed by atoms with Gasteiger partial charge >= 0.3 is 6.09 Å². The summed E-state index contributed by atoms with van der Waals surface area (Å²) < 4.78 is 11.1. The molecule has 1 aromatic carbocycles. The van der Waals surface area contributed by atoms with Crippen LogP contribution >= 0.6 is 0 Å². The first-order chi connectivity index (χ1) is 11.6. The van der Waals surface area contributed by atoms with E-state index >= 15 is 0 Å². The van der Waals surface area contributed by atoms with Crippen molar-refractivity contribution in [2.45, 2.75) is 63.2 Å². The van der Waals surface area contributed by atoms with Crippen LogP contribution in [0.3, 0.4) is 0 Å². The summed E-state index contributed by atoms with van der Waals surface area (Å²) in [5.74, 6) is 0.814. The second-order valence-electron chi connectivity index (χ2n) is 6.92. The second kappa shape index (κ2) is 7.01. The summed E-state index contributed by atoms with van der Waals surface area (Å²) in [6.07, 6.45) is 4.22. The Hall–Kier alpha value is -1.75. The van der Waals surface area contributed by atoms with Crippen LogP contribution in [0.5, 0.6) is 5.75 Å². The van der Waals surface area contributed by atoms with E-state index in [4.69, 9.17) is 9.47 Å². The van der Waals surface area contributed by atoms with Crippen molar-refractivity contribution < 1.29 is 19.4 Å². The van der Waals surface area contributed by atoms with Gasteiger partial charge in [-0.3, -0.25) is 0 Å². The van der Waals surface area contributed by atoms with Gasteiger partial charge in [0.1, 0.15) is 11.4 Å². The highest BCUT2D eigenvalue weighted by Gasteiger charge is 2.44. The van der Waals surface area contributed by atoms with Crippen molar-refractivity contribution in [3.05, 3.63) is 29.8 Å². The molecule has 1 aliphatic heterocycles. The molecule has 1 spiro atoms. The summed E-state index contributed by atoms with van der Waals surface area (Å²) in [7, 11) is 1.65. The van der Waals surface area contributed by atoms with Gasteiger partial charge in [-0.05, 0) is 49.8 Å². The van der Waals surface area contributed by atoms with E-state index in [9.17, 15) is 9.90 Å². The predicted octanol–water partition coefficient (Wildman–Crippen LogP) is 3.66. The molecule has 24 heavy (non-hydrogen) atoms. The molecule has 1 heterocycles. The molecule has 2 fully saturated rings. The van der Waals surface area contributed by atoms with Crippen LogP contribution in [0.15, 0.2) is 24.3 Å². The van der Waals surface area contributed by atoms with Crippen molar-refractivity contribution >= 4 is 6.09 Å². The Labute approximate surface area is 143 Å². The average Bonchev–Trinajstić information content (AvgIpc) is 2.61. The van der Waals surface area contributed by atoms with Gasteiger partial charge in [0.25, 0.3) is 0 Å². The fraction of sp³-hybridized carbons (Fsp3) is 0.632. The standard InChI is InChI=1S/C19H27NO4/c1-3-17(14-4-6-16(23-2)7-5-14)20-13-12-19(24-18(20)22)10-8-15(21)9-11-19/h4-7,15,17,21H,3,8-13H2,1-2H3/t15?,17-,19?/m0/s1. The number of hydrogen-bond acceptors (Lipinski definition) is 4. The molecule has 3 rings (SSSR count). The normalized spacial score (nSPS) is 28.5. The minimum Gasteiger partial charge on any atom is -0.497 e. The van der Waals surface area contributed by atoms with E-state index in [0.29, 0.717) is 6.54 Å². The number of ether oxygens (including phenoxy) is 2. The predicted molar refractivity (Wildman–Crippen MR) is 91.0 cm³/mol. The molecule has 1 aromatic rings. The highest BCUT2D eigenvalue weighted by molar-refractivity contribution is 5.70. The van der Waals surface area contributed by atoms with Gasteiger partial charge in [-0.25, -0.2) is 4.79 Å². The van der Waals surface area contributed by atoms with Gasteiger partial charge in [0.05, 0.1) is 19.3 Å². The number of amides is 1. The Morgan fingerprint density at radius 1 is 1.29 bits per heavy atom. The maximum Gasteiger partial charge on any atom is 0.410 e. The zero-order chi connectivity index (χ0) is 17.2. The van der Waals surface area contributed by atoms with Gasteiger partial charge < -0.3 is 19.5 Å². The van der Waals surface area contributed by atoms with E-state index in [1.165, 1.54) is 0 Å². The number of rotatable bonds is 4. The number of nitrogens with zero attached hydrogens (tertiary/aromatic N) is 1. The van der Waals surface area contributed by atoms with Crippen LogP contribution in [0.4, 0.5) is 4.79 Å². The molecule has 0 radical (unpaired) electrons. The summed E-state index contributed by atoms with van der Waals surface area (Å²) >= 11 is 0. The fourth-order valence-electron chi connectivity index (χ4n) is 3.94. The monoisotopic (exact) mass is 333 g/mol. The molecule has 1 saturated carbocycles. The number of hydrogen-bond donors (Lipinski definition) is 1. The van der Waals surface area contributed by atoms with Gasteiger partial charge in [0, 0.05) is 13.0 Å². The molecule has 1 N–H and O–H groups in total. The maximum atomic E-state index is 12.7. The second-order valence-corrected chi connectivity index (χ2v) is 6.92. The Bertz CT molecular complexity index is 563. The largest absolute Gasteiger partial charge is 0.497 e. The van der Waals surface area contributed by atoms with Crippen LogP contribution in [0.2, 0.25) is 0 Å². The van der Waals surface area contributed by atoms with Crippen LogP contribution in [-0.4, -0.2) is 41.5 Å². The van der Waals surface area contributed by atoms with Gasteiger partial charge in [-0.1, -0.05) is 19.1 Å². The van der Waals surface area contributed by atoms with Gasteiger partial charge in [0.15, 0.2) is 0 Å². The molecular formula is C19H27NO4. The van der Waals surface area contributed by atoms with Crippen molar-refractivity contribution in [1.29, 1.82) is 0 Å². The lowest BCUT2D eigenvalue weighted by Gasteiger charge is -2.46. The van der Waals surface area contributed by atoms with Crippen LogP contribution in [0.25, 0.3) is 0 Å².